The molecule has 0 aliphatic heterocycles. The molecule has 0 fully saturated rings. The highest BCUT2D eigenvalue weighted by Crippen LogP contribution is 2.41. The molecule has 0 radical (unpaired) electrons. The predicted octanol–water partition coefficient (Wildman–Crippen LogP) is 15.5. The average Bonchev–Trinajstić information content (AvgIpc) is 4.10. The fourth-order valence-corrected chi connectivity index (χ4v) is 8.89. The van der Waals surface area contributed by atoms with Crippen LogP contribution in [0.4, 0.5) is 0 Å². The second-order valence-electron chi connectivity index (χ2n) is 15.7. The summed E-state index contributed by atoms with van der Waals surface area (Å²) in [7, 11) is 0. The van der Waals surface area contributed by atoms with E-state index in [2.05, 4.69) is 127 Å². The molecule has 0 aliphatic carbocycles. The van der Waals surface area contributed by atoms with Crippen molar-refractivity contribution >= 4 is 101 Å². The zero-order valence-corrected chi connectivity index (χ0v) is 35.8. The fraction of sp³-hybridized carbons (Fsp3) is 0.0345. The molecule has 11 aromatic rings. The zero-order valence-electron chi connectivity index (χ0n) is 35.8. The summed E-state index contributed by atoms with van der Waals surface area (Å²) in [6.45, 7) is 14.2. The summed E-state index contributed by atoms with van der Waals surface area (Å²) in [5, 5.41) is 14.6. The minimum absolute atomic E-state index is 0.0492. The quantitative estimate of drug-likeness (QED) is 0.0812. The summed E-state index contributed by atoms with van der Waals surface area (Å²) < 4.78 is 21.2. The summed E-state index contributed by atoms with van der Waals surface area (Å²) in [5.74, 6) is 0.0492. The van der Waals surface area contributed by atoms with Crippen LogP contribution < -0.4 is 5.73 Å². The molecular formula is C58H44N4O3. The van der Waals surface area contributed by atoms with Gasteiger partial charge in [-0.25, -0.2) is 0 Å². The van der Waals surface area contributed by atoms with E-state index in [4.69, 9.17) is 29.4 Å². The Morgan fingerprint density at radius 1 is 0.646 bits per heavy atom. The van der Waals surface area contributed by atoms with Crippen molar-refractivity contribution in [2.45, 2.75) is 13.5 Å². The molecule has 0 saturated heterocycles. The summed E-state index contributed by atoms with van der Waals surface area (Å²) >= 11 is 0. The van der Waals surface area contributed by atoms with Crippen molar-refractivity contribution < 1.29 is 13.3 Å². The maximum Gasteiger partial charge on any atom is 0.136 e. The molecular weight excluding hydrogens is 801 g/mol. The second-order valence-corrected chi connectivity index (χ2v) is 15.7. The number of allylic oxidation sites excluding steroid dienone is 3. The average molecular weight is 845 g/mol. The number of aliphatic imine (C=N–C) groups is 1. The van der Waals surface area contributed by atoms with Crippen molar-refractivity contribution in [3.05, 3.63) is 212 Å². The van der Waals surface area contributed by atoms with Crippen LogP contribution in [0, 0.1) is 5.41 Å². The lowest BCUT2D eigenvalue weighted by atomic mass is 9.97. The second kappa shape index (κ2) is 16.9. The molecule has 0 bridgehead atoms. The molecule has 7 heteroatoms. The topological polar surface area (TPSA) is 107 Å². The number of para-hydroxylation sites is 2. The van der Waals surface area contributed by atoms with Gasteiger partial charge in [-0.15, -0.1) is 0 Å². The van der Waals surface area contributed by atoms with Crippen molar-refractivity contribution in [2.24, 2.45) is 10.7 Å². The van der Waals surface area contributed by atoms with Crippen LogP contribution in [0.1, 0.15) is 29.3 Å². The summed E-state index contributed by atoms with van der Waals surface area (Å²) in [6, 6.07) is 48.1. The van der Waals surface area contributed by atoms with Crippen LogP contribution in [0.2, 0.25) is 0 Å². The van der Waals surface area contributed by atoms with Gasteiger partial charge >= 0.3 is 0 Å². The number of hydrogen-bond acceptors (Lipinski definition) is 5. The number of aromatic nitrogens is 1. The highest BCUT2D eigenvalue weighted by Gasteiger charge is 2.19. The first-order chi connectivity index (χ1) is 31.9. The number of furan rings is 3. The molecule has 7 aromatic carbocycles. The number of nitrogens with two attached hydrogens (primary N) is 1. The first-order valence-corrected chi connectivity index (χ1v) is 21.4. The standard InChI is InChI=1S/C50H32N2O3.C8H12N2/c1-3-34-36-12-5-7-15-42(36)52(41(34)4-2)33-21-24-45-40(27-33)50-35(14-10-18-47(50)54-45)31-20-23-44-39(26-31)49-32(11-9-17-46(49)53-44)29-51-28-30-19-22-38-37-13-6-8-16-43(37)55-48(38)25-30;1-3-5-6-7(4-2)8(9)10/h3-27,29H,1-2,28H2;3-6H,2H2,1H3,(H3,9,10)/b;5-3-,7-6+. The number of hydrogen-bond donors (Lipinski definition) is 2. The van der Waals surface area contributed by atoms with Gasteiger partial charge in [-0.3, -0.25) is 10.4 Å². The molecule has 65 heavy (non-hydrogen) atoms. The molecule has 0 unspecified atom stereocenters. The van der Waals surface area contributed by atoms with Gasteiger partial charge in [0, 0.05) is 66.3 Å². The number of rotatable bonds is 10. The Labute approximate surface area is 375 Å². The summed E-state index contributed by atoms with van der Waals surface area (Å²) in [5.41, 5.74) is 19.4. The highest BCUT2D eigenvalue weighted by molar-refractivity contribution is 6.17. The lowest BCUT2D eigenvalue weighted by Gasteiger charge is -2.10. The Kier molecular flexibility index (Phi) is 10.5. The zero-order chi connectivity index (χ0) is 44.6. The fourth-order valence-electron chi connectivity index (χ4n) is 8.89. The van der Waals surface area contributed by atoms with Gasteiger partial charge in [0.2, 0.25) is 0 Å². The van der Waals surface area contributed by atoms with Gasteiger partial charge in [0.15, 0.2) is 0 Å². The number of nitrogens with zero attached hydrogens (tertiary/aromatic N) is 2. The number of fused-ring (bicyclic) bond motifs is 10. The molecule has 4 aromatic heterocycles. The number of nitrogens with one attached hydrogen (secondary N) is 1. The summed E-state index contributed by atoms with van der Waals surface area (Å²) in [4.78, 5) is 4.89. The Bertz CT molecular complexity index is 3810. The third-order valence-corrected chi connectivity index (χ3v) is 11.9. The molecule has 0 saturated carbocycles. The van der Waals surface area contributed by atoms with E-state index in [0.29, 0.717) is 12.1 Å². The van der Waals surface area contributed by atoms with Crippen LogP contribution in [0.25, 0.3) is 106 Å². The lowest BCUT2D eigenvalue weighted by Crippen LogP contribution is -2.10. The maximum absolute atomic E-state index is 7.03. The van der Waals surface area contributed by atoms with E-state index in [1.807, 2.05) is 73.8 Å². The summed E-state index contributed by atoms with van der Waals surface area (Å²) in [6.07, 6.45) is 12.8. The normalized spacial score (nSPS) is 12.1. The molecule has 7 nitrogen and oxygen atoms in total. The third-order valence-electron chi connectivity index (χ3n) is 11.9. The molecule has 314 valence electrons. The van der Waals surface area contributed by atoms with E-state index >= 15 is 0 Å². The Morgan fingerprint density at radius 3 is 2.09 bits per heavy atom. The SMILES string of the molecule is C=C/C(=C\C=C/C)C(=N)N.C=Cc1c(C=C)n(-c2ccc3oc4cccc(-c5ccc6oc7cccc(C=NCc8ccc9c(c8)oc8ccccc89)c7c6c5)c4c3c2)c2ccccc12. The monoisotopic (exact) mass is 844 g/mol. The predicted molar refractivity (Wildman–Crippen MR) is 273 cm³/mol. The largest absolute Gasteiger partial charge is 0.456 e. The van der Waals surface area contributed by atoms with Crippen molar-refractivity contribution in [3.63, 3.8) is 0 Å². The van der Waals surface area contributed by atoms with Crippen molar-refractivity contribution in [1.82, 2.24) is 4.57 Å². The van der Waals surface area contributed by atoms with Crippen LogP contribution in [0.15, 0.2) is 207 Å². The van der Waals surface area contributed by atoms with E-state index in [1.165, 1.54) is 0 Å². The highest BCUT2D eigenvalue weighted by atomic mass is 16.3. The van der Waals surface area contributed by atoms with Gasteiger partial charge in [0.1, 0.15) is 39.3 Å². The van der Waals surface area contributed by atoms with Gasteiger partial charge in [-0.2, -0.15) is 0 Å². The molecule has 11 rings (SSSR count). The number of benzene rings is 7. The molecule has 0 spiro atoms. The number of amidine groups is 1. The minimum atomic E-state index is 0.0492. The van der Waals surface area contributed by atoms with Gasteiger partial charge in [-0.05, 0) is 90.4 Å². The minimum Gasteiger partial charge on any atom is -0.456 e. The van der Waals surface area contributed by atoms with Gasteiger partial charge < -0.3 is 23.6 Å². The van der Waals surface area contributed by atoms with Crippen LogP contribution in [-0.2, 0) is 6.54 Å². The van der Waals surface area contributed by atoms with Crippen LogP contribution in [0.5, 0.6) is 0 Å². The molecule has 0 aliphatic rings. The van der Waals surface area contributed by atoms with E-state index in [1.54, 1.807) is 12.2 Å². The Balaban J connectivity index is 0.000000448. The first-order valence-electron chi connectivity index (χ1n) is 21.4. The molecule has 3 N–H and O–H groups in total. The lowest BCUT2D eigenvalue weighted by molar-refractivity contribution is 0.668. The molecule has 0 amide bonds. The smallest absolute Gasteiger partial charge is 0.136 e. The van der Waals surface area contributed by atoms with Crippen LogP contribution >= 0.6 is 0 Å². The van der Waals surface area contributed by atoms with Crippen LogP contribution in [-0.4, -0.2) is 16.6 Å². The van der Waals surface area contributed by atoms with Gasteiger partial charge in [-0.1, -0.05) is 129 Å². The van der Waals surface area contributed by atoms with Crippen molar-refractivity contribution in [2.75, 3.05) is 0 Å². The molecule has 0 atom stereocenters. The van der Waals surface area contributed by atoms with Crippen molar-refractivity contribution in [1.29, 1.82) is 5.41 Å². The van der Waals surface area contributed by atoms with Crippen LogP contribution in [0.3, 0.4) is 0 Å². The van der Waals surface area contributed by atoms with Gasteiger partial charge in [0.05, 0.1) is 17.8 Å². The van der Waals surface area contributed by atoms with Crippen molar-refractivity contribution in [3.8, 4) is 16.8 Å². The van der Waals surface area contributed by atoms with E-state index in [9.17, 15) is 0 Å². The Hall–Kier alpha value is -8.68. The van der Waals surface area contributed by atoms with E-state index < -0.39 is 0 Å². The first kappa shape index (κ1) is 40.4. The maximum atomic E-state index is 7.03. The third kappa shape index (κ3) is 7.15. The van der Waals surface area contributed by atoms with E-state index in [0.717, 1.165) is 116 Å². The van der Waals surface area contributed by atoms with Gasteiger partial charge in [0.25, 0.3) is 0 Å². The molecule has 4 heterocycles. The Morgan fingerprint density at radius 2 is 1.32 bits per heavy atom. The van der Waals surface area contributed by atoms with E-state index in [-0.39, 0.29) is 5.84 Å².